The SMILES string of the molecule is COC(=O)C(=O)Nc1ccc(C)cc1C(C(=O)OC)=C1NCCN1. The molecule has 24 heavy (non-hydrogen) atoms. The molecule has 8 heteroatoms. The molecule has 1 fully saturated rings. The van der Waals surface area contributed by atoms with E-state index in [-0.39, 0.29) is 5.57 Å². The Morgan fingerprint density at radius 2 is 1.67 bits per heavy atom. The summed E-state index contributed by atoms with van der Waals surface area (Å²) in [5, 5.41) is 8.60. The topological polar surface area (TPSA) is 106 Å². The maximum absolute atomic E-state index is 12.3. The van der Waals surface area contributed by atoms with Crippen LogP contribution < -0.4 is 16.0 Å². The number of esters is 2. The number of nitrogens with one attached hydrogen (secondary N) is 3. The maximum atomic E-state index is 12.3. The lowest BCUT2D eigenvalue weighted by molar-refractivity contribution is -0.150. The van der Waals surface area contributed by atoms with Gasteiger partial charge in [-0.2, -0.15) is 0 Å². The third kappa shape index (κ3) is 3.65. The summed E-state index contributed by atoms with van der Waals surface area (Å²) in [6.45, 7) is 3.17. The fourth-order valence-corrected chi connectivity index (χ4v) is 2.30. The van der Waals surface area contributed by atoms with E-state index < -0.39 is 17.8 Å². The third-order valence-electron chi connectivity index (χ3n) is 3.43. The van der Waals surface area contributed by atoms with Gasteiger partial charge in [0.1, 0.15) is 11.4 Å². The second-order valence-electron chi connectivity index (χ2n) is 5.09. The second kappa shape index (κ2) is 7.49. The van der Waals surface area contributed by atoms with Crippen LogP contribution in [0.25, 0.3) is 5.57 Å². The maximum Gasteiger partial charge on any atom is 0.396 e. The number of methoxy groups -OCH3 is 2. The van der Waals surface area contributed by atoms with Crippen molar-refractivity contribution in [2.75, 3.05) is 32.6 Å². The van der Waals surface area contributed by atoms with Crippen molar-refractivity contribution in [2.45, 2.75) is 6.92 Å². The first kappa shape index (κ1) is 17.3. The van der Waals surface area contributed by atoms with Crippen LogP contribution in [0.2, 0.25) is 0 Å². The van der Waals surface area contributed by atoms with E-state index in [1.165, 1.54) is 7.11 Å². The number of benzene rings is 1. The molecule has 1 heterocycles. The molecule has 1 aliphatic rings. The average molecular weight is 333 g/mol. The van der Waals surface area contributed by atoms with Gasteiger partial charge >= 0.3 is 17.8 Å². The van der Waals surface area contributed by atoms with Crippen LogP contribution in [0.1, 0.15) is 11.1 Å². The van der Waals surface area contributed by atoms with Crippen molar-refractivity contribution in [1.29, 1.82) is 0 Å². The molecule has 0 aliphatic carbocycles. The van der Waals surface area contributed by atoms with Gasteiger partial charge in [0, 0.05) is 24.3 Å². The van der Waals surface area contributed by atoms with E-state index in [9.17, 15) is 14.4 Å². The van der Waals surface area contributed by atoms with Gasteiger partial charge in [-0.1, -0.05) is 11.6 Å². The van der Waals surface area contributed by atoms with Crippen LogP contribution in [0.5, 0.6) is 0 Å². The lowest BCUT2D eigenvalue weighted by Crippen LogP contribution is -2.25. The minimum absolute atomic E-state index is 0.249. The summed E-state index contributed by atoms with van der Waals surface area (Å²) in [5.74, 6) is -2.00. The van der Waals surface area contributed by atoms with E-state index in [2.05, 4.69) is 20.7 Å². The van der Waals surface area contributed by atoms with Crippen LogP contribution in [0.4, 0.5) is 5.69 Å². The first-order valence-electron chi connectivity index (χ1n) is 7.28. The van der Waals surface area contributed by atoms with Crippen LogP contribution in [0, 0.1) is 6.92 Å². The second-order valence-corrected chi connectivity index (χ2v) is 5.09. The standard InChI is InChI=1S/C16H19N3O5/c1-9-4-5-11(19-14(20)16(22)24-3)10(8-9)12(15(21)23-2)13-17-6-7-18-13/h4-5,8,17-18H,6-7H2,1-3H3,(H,19,20). The normalized spacial score (nSPS) is 12.7. The molecule has 3 N–H and O–H groups in total. The number of rotatable bonds is 3. The number of carbonyl (C=O) groups excluding carboxylic acids is 3. The van der Waals surface area contributed by atoms with Crippen molar-refractivity contribution >= 4 is 29.1 Å². The molecule has 128 valence electrons. The summed E-state index contributed by atoms with van der Waals surface area (Å²) in [6.07, 6.45) is 0. The highest BCUT2D eigenvalue weighted by molar-refractivity contribution is 6.37. The Kier molecular flexibility index (Phi) is 5.41. The Morgan fingerprint density at radius 1 is 1.04 bits per heavy atom. The molecule has 1 aromatic rings. The molecular formula is C16H19N3O5. The first-order chi connectivity index (χ1) is 11.5. The molecule has 0 bridgehead atoms. The number of amides is 1. The number of anilines is 1. The van der Waals surface area contributed by atoms with E-state index in [1.807, 2.05) is 6.92 Å². The van der Waals surface area contributed by atoms with Gasteiger partial charge < -0.3 is 25.4 Å². The van der Waals surface area contributed by atoms with Crippen LogP contribution in [-0.4, -0.2) is 45.2 Å². The van der Waals surface area contributed by atoms with Crippen LogP contribution >= 0.6 is 0 Å². The number of ether oxygens (including phenoxy) is 2. The van der Waals surface area contributed by atoms with Crippen molar-refractivity contribution in [2.24, 2.45) is 0 Å². The molecule has 1 aromatic carbocycles. The Morgan fingerprint density at radius 3 is 2.25 bits per heavy atom. The van der Waals surface area contributed by atoms with Crippen molar-refractivity contribution in [1.82, 2.24) is 10.6 Å². The Hall–Kier alpha value is -3.03. The Labute approximate surface area is 139 Å². The zero-order valence-electron chi connectivity index (χ0n) is 13.7. The van der Waals surface area contributed by atoms with Crippen molar-refractivity contribution < 1.29 is 23.9 Å². The summed E-state index contributed by atoms with van der Waals surface area (Å²) in [5.41, 5.74) is 1.87. The molecule has 0 atom stereocenters. The Balaban J connectivity index is 2.52. The van der Waals surface area contributed by atoms with Gasteiger partial charge in [0.05, 0.1) is 14.2 Å². The number of hydrogen-bond donors (Lipinski definition) is 3. The minimum atomic E-state index is -1.02. The van der Waals surface area contributed by atoms with Gasteiger partial charge in [-0.15, -0.1) is 0 Å². The van der Waals surface area contributed by atoms with Gasteiger partial charge in [-0.3, -0.25) is 4.79 Å². The highest BCUT2D eigenvalue weighted by atomic mass is 16.5. The van der Waals surface area contributed by atoms with E-state index in [1.54, 1.807) is 18.2 Å². The van der Waals surface area contributed by atoms with Crippen LogP contribution in [0.3, 0.4) is 0 Å². The van der Waals surface area contributed by atoms with E-state index in [0.29, 0.717) is 30.2 Å². The molecular weight excluding hydrogens is 314 g/mol. The highest BCUT2D eigenvalue weighted by Crippen LogP contribution is 2.28. The number of hydrogen-bond acceptors (Lipinski definition) is 7. The molecule has 1 amide bonds. The smallest absolute Gasteiger partial charge is 0.396 e. The van der Waals surface area contributed by atoms with E-state index in [4.69, 9.17) is 4.74 Å². The van der Waals surface area contributed by atoms with Gasteiger partial charge in [0.2, 0.25) is 0 Å². The lowest BCUT2D eigenvalue weighted by Gasteiger charge is -2.15. The largest absolute Gasteiger partial charge is 0.465 e. The van der Waals surface area contributed by atoms with Crippen molar-refractivity contribution in [3.63, 3.8) is 0 Å². The predicted molar refractivity (Wildman–Crippen MR) is 86.8 cm³/mol. The summed E-state index contributed by atoms with van der Waals surface area (Å²) >= 11 is 0. The highest BCUT2D eigenvalue weighted by Gasteiger charge is 2.25. The fourth-order valence-electron chi connectivity index (χ4n) is 2.30. The average Bonchev–Trinajstić information content (AvgIpc) is 3.10. The molecule has 0 unspecified atom stereocenters. The lowest BCUT2D eigenvalue weighted by atomic mass is 10.0. The molecule has 1 saturated heterocycles. The van der Waals surface area contributed by atoms with Gasteiger partial charge in [0.15, 0.2) is 0 Å². The molecule has 0 radical (unpaired) electrons. The summed E-state index contributed by atoms with van der Waals surface area (Å²) in [4.78, 5) is 35.4. The van der Waals surface area contributed by atoms with Crippen molar-refractivity contribution in [3.8, 4) is 0 Å². The van der Waals surface area contributed by atoms with Crippen molar-refractivity contribution in [3.05, 3.63) is 35.1 Å². The van der Waals surface area contributed by atoms with Gasteiger partial charge in [-0.05, 0) is 19.1 Å². The molecule has 0 spiro atoms. The fraction of sp³-hybridized carbons (Fsp3) is 0.312. The van der Waals surface area contributed by atoms with E-state index >= 15 is 0 Å². The number of carbonyl (C=O) groups is 3. The molecule has 0 aromatic heterocycles. The number of aryl methyl sites for hydroxylation is 1. The van der Waals surface area contributed by atoms with Crippen LogP contribution in [0.15, 0.2) is 24.0 Å². The first-order valence-corrected chi connectivity index (χ1v) is 7.28. The summed E-state index contributed by atoms with van der Waals surface area (Å²) in [7, 11) is 2.40. The van der Waals surface area contributed by atoms with E-state index in [0.717, 1.165) is 12.7 Å². The zero-order chi connectivity index (χ0) is 17.7. The zero-order valence-corrected chi connectivity index (χ0v) is 13.7. The summed E-state index contributed by atoms with van der Waals surface area (Å²) in [6, 6.07) is 5.10. The molecule has 2 rings (SSSR count). The molecule has 8 nitrogen and oxygen atoms in total. The van der Waals surface area contributed by atoms with Crippen LogP contribution in [-0.2, 0) is 23.9 Å². The molecule has 1 aliphatic heterocycles. The third-order valence-corrected chi connectivity index (χ3v) is 3.43. The van der Waals surface area contributed by atoms with Gasteiger partial charge in [-0.25, -0.2) is 9.59 Å². The monoisotopic (exact) mass is 333 g/mol. The minimum Gasteiger partial charge on any atom is -0.465 e. The predicted octanol–water partition coefficient (Wildman–Crippen LogP) is 0.141. The van der Waals surface area contributed by atoms with Gasteiger partial charge in [0.25, 0.3) is 0 Å². The quantitative estimate of drug-likeness (QED) is 0.410. The summed E-state index contributed by atoms with van der Waals surface area (Å²) < 4.78 is 9.26. The molecule has 0 saturated carbocycles. The Bertz CT molecular complexity index is 704.